The van der Waals surface area contributed by atoms with Crippen LogP contribution in [0.4, 0.5) is 0 Å². The van der Waals surface area contributed by atoms with Crippen molar-refractivity contribution < 1.29 is 5.11 Å². The minimum atomic E-state index is -0.727. The molecular formula is C14H24BrN3O. The van der Waals surface area contributed by atoms with Crippen LogP contribution < -0.4 is 0 Å². The summed E-state index contributed by atoms with van der Waals surface area (Å²) in [6.07, 6.45) is 5.60. The van der Waals surface area contributed by atoms with E-state index >= 15 is 0 Å². The molecule has 2 heterocycles. The molecule has 1 aliphatic rings. The first-order chi connectivity index (χ1) is 9.10. The van der Waals surface area contributed by atoms with Crippen molar-refractivity contribution >= 4 is 15.9 Å². The molecule has 0 bridgehead atoms. The van der Waals surface area contributed by atoms with Crippen LogP contribution in [0.1, 0.15) is 45.2 Å². The summed E-state index contributed by atoms with van der Waals surface area (Å²) < 4.78 is 2.90. The van der Waals surface area contributed by atoms with Gasteiger partial charge < -0.3 is 10.0 Å². The Labute approximate surface area is 123 Å². The summed E-state index contributed by atoms with van der Waals surface area (Å²) in [7, 11) is 0. The zero-order chi connectivity index (χ0) is 13.9. The third-order valence-electron chi connectivity index (χ3n) is 3.89. The summed E-state index contributed by atoms with van der Waals surface area (Å²) in [6.45, 7) is 8.26. The van der Waals surface area contributed by atoms with Crippen molar-refractivity contribution in [1.29, 1.82) is 0 Å². The van der Waals surface area contributed by atoms with Crippen LogP contribution in [0.3, 0.4) is 0 Å². The maximum atomic E-state index is 11.0. The zero-order valence-corrected chi connectivity index (χ0v) is 13.5. The number of aliphatic hydroxyl groups is 1. The highest BCUT2D eigenvalue weighted by atomic mass is 79.9. The number of hydrogen-bond donors (Lipinski definition) is 1. The monoisotopic (exact) mass is 329 g/mol. The molecule has 1 aromatic rings. The highest BCUT2D eigenvalue weighted by Crippen LogP contribution is 2.37. The lowest BCUT2D eigenvalue weighted by atomic mass is 9.88. The van der Waals surface area contributed by atoms with E-state index in [1.165, 1.54) is 6.42 Å². The second-order valence-corrected chi connectivity index (χ2v) is 6.29. The van der Waals surface area contributed by atoms with Crippen LogP contribution in [0.15, 0.2) is 10.7 Å². The number of rotatable bonds is 5. The summed E-state index contributed by atoms with van der Waals surface area (Å²) in [4.78, 5) is 2.43. The number of halogens is 1. The minimum absolute atomic E-state index is 0.727. The molecule has 5 heteroatoms. The summed E-state index contributed by atoms with van der Waals surface area (Å²) in [5, 5.41) is 15.4. The maximum Gasteiger partial charge on any atom is 0.110 e. The van der Waals surface area contributed by atoms with Gasteiger partial charge in [-0.15, -0.1) is 0 Å². The summed E-state index contributed by atoms with van der Waals surface area (Å²) in [5.41, 5.74) is 0.236. The number of nitrogens with zero attached hydrogens (tertiary/aromatic N) is 3. The molecular weight excluding hydrogens is 306 g/mol. The predicted molar refractivity (Wildman–Crippen MR) is 80.1 cm³/mol. The van der Waals surface area contributed by atoms with Crippen LogP contribution in [0.2, 0.25) is 0 Å². The van der Waals surface area contributed by atoms with Crippen molar-refractivity contribution in [2.45, 2.75) is 51.7 Å². The van der Waals surface area contributed by atoms with E-state index in [1.807, 2.05) is 4.68 Å². The van der Waals surface area contributed by atoms with Crippen LogP contribution in [0, 0.1) is 0 Å². The van der Waals surface area contributed by atoms with E-state index in [-0.39, 0.29) is 0 Å². The molecule has 1 aromatic heterocycles. The molecule has 0 amide bonds. The SMILES string of the molecule is CCCN1CCC(O)(c2c(Br)cnn2CCC)CC1. The predicted octanol–water partition coefficient (Wildman–Crippen LogP) is 2.75. The first kappa shape index (κ1) is 15.0. The van der Waals surface area contributed by atoms with Gasteiger partial charge in [-0.1, -0.05) is 13.8 Å². The van der Waals surface area contributed by atoms with Crippen LogP contribution in [0.5, 0.6) is 0 Å². The molecule has 1 saturated heterocycles. The number of aryl methyl sites for hydroxylation is 1. The molecule has 4 nitrogen and oxygen atoms in total. The molecule has 1 aliphatic heterocycles. The van der Waals surface area contributed by atoms with Gasteiger partial charge in [-0.25, -0.2) is 0 Å². The van der Waals surface area contributed by atoms with Crippen LogP contribution in [-0.4, -0.2) is 39.4 Å². The van der Waals surface area contributed by atoms with E-state index in [1.54, 1.807) is 6.20 Å². The Morgan fingerprint density at radius 2 is 1.89 bits per heavy atom. The minimum Gasteiger partial charge on any atom is -0.383 e. The highest BCUT2D eigenvalue weighted by Gasteiger charge is 2.38. The van der Waals surface area contributed by atoms with E-state index in [0.29, 0.717) is 0 Å². The van der Waals surface area contributed by atoms with Gasteiger partial charge in [0.25, 0.3) is 0 Å². The van der Waals surface area contributed by atoms with Gasteiger partial charge in [0.15, 0.2) is 0 Å². The first-order valence-corrected chi connectivity index (χ1v) is 8.06. The average Bonchev–Trinajstić information content (AvgIpc) is 2.75. The first-order valence-electron chi connectivity index (χ1n) is 7.27. The zero-order valence-electron chi connectivity index (χ0n) is 11.9. The molecule has 108 valence electrons. The Morgan fingerprint density at radius 1 is 1.26 bits per heavy atom. The molecule has 0 spiro atoms. The summed E-state index contributed by atoms with van der Waals surface area (Å²) >= 11 is 3.55. The molecule has 0 saturated carbocycles. The highest BCUT2D eigenvalue weighted by molar-refractivity contribution is 9.10. The Kier molecular flexibility index (Phi) is 5.03. The van der Waals surface area contributed by atoms with Gasteiger partial charge in [0.2, 0.25) is 0 Å². The molecule has 0 unspecified atom stereocenters. The fraction of sp³-hybridized carbons (Fsp3) is 0.786. The lowest BCUT2D eigenvalue weighted by Gasteiger charge is -2.38. The number of likely N-dealkylation sites (tertiary alicyclic amines) is 1. The molecule has 2 rings (SSSR count). The van der Waals surface area contributed by atoms with Crippen molar-refractivity contribution in [3.05, 3.63) is 16.4 Å². The van der Waals surface area contributed by atoms with Crippen LogP contribution >= 0.6 is 15.9 Å². The van der Waals surface area contributed by atoms with E-state index in [4.69, 9.17) is 0 Å². The van der Waals surface area contributed by atoms with Gasteiger partial charge in [0.05, 0.1) is 16.4 Å². The summed E-state index contributed by atoms with van der Waals surface area (Å²) in [6, 6.07) is 0. The van der Waals surface area contributed by atoms with Crippen molar-refractivity contribution in [1.82, 2.24) is 14.7 Å². The number of piperidine rings is 1. The lowest BCUT2D eigenvalue weighted by Crippen LogP contribution is -2.44. The lowest BCUT2D eigenvalue weighted by molar-refractivity contribution is -0.0332. The fourth-order valence-corrected chi connectivity index (χ4v) is 3.57. The molecule has 19 heavy (non-hydrogen) atoms. The van der Waals surface area contributed by atoms with Gasteiger partial charge in [-0.05, 0) is 48.2 Å². The number of aromatic nitrogens is 2. The Morgan fingerprint density at radius 3 is 2.47 bits per heavy atom. The van der Waals surface area contributed by atoms with Gasteiger partial charge in [-0.2, -0.15) is 5.10 Å². The quantitative estimate of drug-likeness (QED) is 0.903. The van der Waals surface area contributed by atoms with Gasteiger partial charge in [0.1, 0.15) is 5.60 Å². The average molecular weight is 330 g/mol. The third kappa shape index (κ3) is 3.20. The smallest absolute Gasteiger partial charge is 0.110 e. The Balaban J connectivity index is 2.15. The topological polar surface area (TPSA) is 41.3 Å². The molecule has 0 atom stereocenters. The second kappa shape index (κ2) is 6.37. The van der Waals surface area contributed by atoms with Gasteiger partial charge >= 0.3 is 0 Å². The Bertz CT molecular complexity index is 411. The van der Waals surface area contributed by atoms with E-state index < -0.39 is 5.60 Å². The summed E-state index contributed by atoms with van der Waals surface area (Å²) in [5.74, 6) is 0. The standard InChI is InChI=1S/C14H24BrN3O/c1-3-7-17-9-5-14(19,6-10-17)13-12(15)11-16-18(13)8-4-2/h11,19H,3-10H2,1-2H3. The molecule has 0 radical (unpaired) electrons. The van der Waals surface area contributed by atoms with Crippen molar-refractivity contribution in [2.75, 3.05) is 19.6 Å². The van der Waals surface area contributed by atoms with Crippen molar-refractivity contribution in [3.63, 3.8) is 0 Å². The normalized spacial score (nSPS) is 19.8. The van der Waals surface area contributed by atoms with Crippen molar-refractivity contribution in [3.8, 4) is 0 Å². The molecule has 1 N–H and O–H groups in total. The van der Waals surface area contributed by atoms with Gasteiger partial charge in [0, 0.05) is 19.6 Å². The van der Waals surface area contributed by atoms with E-state index in [9.17, 15) is 5.11 Å². The molecule has 0 aromatic carbocycles. The van der Waals surface area contributed by atoms with E-state index in [0.717, 1.165) is 55.6 Å². The van der Waals surface area contributed by atoms with Crippen LogP contribution in [-0.2, 0) is 12.1 Å². The third-order valence-corrected chi connectivity index (χ3v) is 4.47. The molecule has 1 fully saturated rings. The Hall–Kier alpha value is -0.390. The fourth-order valence-electron chi connectivity index (χ4n) is 2.91. The van der Waals surface area contributed by atoms with Gasteiger partial charge in [-0.3, -0.25) is 4.68 Å². The second-order valence-electron chi connectivity index (χ2n) is 5.44. The van der Waals surface area contributed by atoms with Crippen LogP contribution in [0.25, 0.3) is 0 Å². The maximum absolute atomic E-state index is 11.0. The van der Waals surface area contributed by atoms with Crippen molar-refractivity contribution in [2.24, 2.45) is 0 Å². The van der Waals surface area contributed by atoms with E-state index in [2.05, 4.69) is 39.8 Å². The number of hydrogen-bond acceptors (Lipinski definition) is 3. The molecule has 0 aliphatic carbocycles. The largest absolute Gasteiger partial charge is 0.383 e.